The molecule has 21 heavy (non-hydrogen) atoms. The summed E-state index contributed by atoms with van der Waals surface area (Å²) in [5.41, 5.74) is -1.47. The number of rotatable bonds is 4. The molecule has 8 heteroatoms. The van der Waals surface area contributed by atoms with E-state index in [9.17, 15) is 19.6 Å². The highest BCUT2D eigenvalue weighted by Crippen LogP contribution is 2.33. The van der Waals surface area contributed by atoms with Gasteiger partial charge >= 0.3 is 0 Å². The average Bonchev–Trinajstić information content (AvgIpc) is 2.36. The molecule has 1 unspecified atom stereocenters. The summed E-state index contributed by atoms with van der Waals surface area (Å²) in [7, 11) is -1.55. The van der Waals surface area contributed by atoms with Gasteiger partial charge in [-0.3, -0.25) is 10.1 Å². The van der Waals surface area contributed by atoms with Crippen LogP contribution in [0.2, 0.25) is 0 Å². The molecular formula is C13H16BrN3O3S. The first-order chi connectivity index (χ1) is 9.51. The zero-order valence-electron chi connectivity index (χ0n) is 12.1. The lowest BCUT2D eigenvalue weighted by atomic mass is 9.93. The van der Waals surface area contributed by atoms with Crippen molar-refractivity contribution in [1.29, 1.82) is 5.26 Å². The number of nitriles is 1. The second kappa shape index (κ2) is 6.22. The van der Waals surface area contributed by atoms with Gasteiger partial charge in [0.15, 0.2) is 0 Å². The Morgan fingerprint density at radius 3 is 2.38 bits per heavy atom. The molecule has 1 rings (SSSR count). The molecule has 0 aromatic heterocycles. The minimum atomic E-state index is -1.55. The Morgan fingerprint density at radius 1 is 1.38 bits per heavy atom. The Balaban J connectivity index is 3.39. The van der Waals surface area contributed by atoms with Crippen molar-refractivity contribution in [2.45, 2.75) is 38.0 Å². The van der Waals surface area contributed by atoms with E-state index in [1.54, 1.807) is 20.8 Å². The summed E-state index contributed by atoms with van der Waals surface area (Å²) in [5.74, 6) is 0. The molecule has 1 aromatic carbocycles. The molecule has 2 atom stereocenters. The number of nitrogens with one attached hydrogen (secondary N) is 1. The zero-order chi connectivity index (χ0) is 16.4. The lowest BCUT2D eigenvalue weighted by Gasteiger charge is -2.27. The summed E-state index contributed by atoms with van der Waals surface area (Å²) in [5, 5.41) is 20.6. The van der Waals surface area contributed by atoms with Crippen LogP contribution in [-0.2, 0) is 16.5 Å². The van der Waals surface area contributed by atoms with Gasteiger partial charge in [-0.05, 0) is 39.8 Å². The van der Waals surface area contributed by atoms with Gasteiger partial charge in [0.05, 0.1) is 32.3 Å². The molecule has 0 heterocycles. The van der Waals surface area contributed by atoms with Crippen LogP contribution >= 0.6 is 15.9 Å². The minimum absolute atomic E-state index is 0.168. The molecule has 114 valence electrons. The third-order valence-electron chi connectivity index (χ3n) is 2.77. The van der Waals surface area contributed by atoms with E-state index in [-0.39, 0.29) is 11.3 Å². The van der Waals surface area contributed by atoms with Crippen molar-refractivity contribution in [1.82, 2.24) is 4.72 Å². The molecule has 0 fully saturated rings. The number of benzene rings is 1. The second-order valence-corrected chi connectivity index (χ2v) is 8.52. The fourth-order valence-corrected chi connectivity index (χ4v) is 2.74. The van der Waals surface area contributed by atoms with Crippen LogP contribution in [0.4, 0.5) is 5.69 Å². The summed E-state index contributed by atoms with van der Waals surface area (Å²) in [6.45, 7) is 6.74. The van der Waals surface area contributed by atoms with Crippen LogP contribution in [0.3, 0.4) is 0 Å². The van der Waals surface area contributed by atoms with Gasteiger partial charge in [-0.1, -0.05) is 15.9 Å². The Kier molecular flexibility index (Phi) is 5.25. The van der Waals surface area contributed by atoms with Gasteiger partial charge in [0.1, 0.15) is 5.54 Å². The van der Waals surface area contributed by atoms with Crippen LogP contribution < -0.4 is 4.72 Å². The van der Waals surface area contributed by atoms with E-state index in [2.05, 4.69) is 20.7 Å². The molecule has 1 aromatic rings. The Bertz CT molecular complexity index is 637. The molecule has 0 spiro atoms. The van der Waals surface area contributed by atoms with Gasteiger partial charge in [-0.15, -0.1) is 0 Å². The molecule has 1 N–H and O–H groups in total. The van der Waals surface area contributed by atoms with E-state index < -0.39 is 26.2 Å². The third kappa shape index (κ3) is 4.09. The number of nitro benzene ring substituents is 1. The van der Waals surface area contributed by atoms with E-state index >= 15 is 0 Å². The maximum absolute atomic E-state index is 12.2. The van der Waals surface area contributed by atoms with Crippen molar-refractivity contribution in [3.8, 4) is 6.07 Å². The Morgan fingerprint density at radius 2 is 1.95 bits per heavy atom. The summed E-state index contributed by atoms with van der Waals surface area (Å²) < 4.78 is 15.0. The van der Waals surface area contributed by atoms with Crippen LogP contribution in [-0.4, -0.2) is 13.9 Å². The van der Waals surface area contributed by atoms with Crippen molar-refractivity contribution in [2.24, 2.45) is 0 Å². The first-order valence-electron chi connectivity index (χ1n) is 6.06. The lowest BCUT2D eigenvalue weighted by molar-refractivity contribution is -0.386. The smallest absolute Gasteiger partial charge is 0.258 e. The van der Waals surface area contributed by atoms with Crippen LogP contribution in [0.25, 0.3) is 0 Å². The quantitative estimate of drug-likeness (QED) is 0.647. The molecular weight excluding hydrogens is 358 g/mol. The SMILES string of the molecule is CC(C)(C)S(=O)N[C@@](C)(C#N)c1cc(Br)ccc1[N+](=O)[O-]. The van der Waals surface area contributed by atoms with Gasteiger partial charge in [0.2, 0.25) is 0 Å². The Labute approximate surface area is 134 Å². The molecule has 6 nitrogen and oxygen atoms in total. The molecule has 0 bridgehead atoms. The van der Waals surface area contributed by atoms with Crippen molar-refractivity contribution in [3.63, 3.8) is 0 Å². The van der Waals surface area contributed by atoms with Crippen LogP contribution in [0.15, 0.2) is 22.7 Å². The third-order valence-corrected chi connectivity index (χ3v) is 4.97. The van der Waals surface area contributed by atoms with E-state index in [4.69, 9.17) is 0 Å². The van der Waals surface area contributed by atoms with Crippen molar-refractivity contribution >= 4 is 32.6 Å². The predicted octanol–water partition coefficient (Wildman–Crippen LogP) is 3.15. The van der Waals surface area contributed by atoms with Crippen molar-refractivity contribution < 1.29 is 9.13 Å². The standard InChI is InChI=1S/C13H16BrN3O3S/c1-12(2,3)21(20)16-13(4,8-15)10-7-9(14)5-6-11(10)17(18)19/h5-7,16H,1-4H3/t13-,21?/m0/s1. The minimum Gasteiger partial charge on any atom is -0.258 e. The topological polar surface area (TPSA) is 96.0 Å². The molecule has 0 radical (unpaired) electrons. The monoisotopic (exact) mass is 373 g/mol. The van der Waals surface area contributed by atoms with E-state index in [1.807, 2.05) is 6.07 Å². The zero-order valence-corrected chi connectivity index (χ0v) is 14.5. The van der Waals surface area contributed by atoms with Gasteiger partial charge in [-0.25, -0.2) is 8.93 Å². The fourth-order valence-electron chi connectivity index (χ4n) is 1.54. The maximum atomic E-state index is 12.2. The number of nitrogens with zero attached hydrogens (tertiary/aromatic N) is 2. The summed E-state index contributed by atoms with van der Waals surface area (Å²) in [4.78, 5) is 10.6. The van der Waals surface area contributed by atoms with E-state index in [0.29, 0.717) is 4.47 Å². The molecule has 0 amide bonds. The number of halogens is 1. The Hall–Kier alpha value is -1.30. The largest absolute Gasteiger partial charge is 0.275 e. The first-order valence-corrected chi connectivity index (χ1v) is 8.01. The number of hydrogen-bond acceptors (Lipinski definition) is 4. The average molecular weight is 374 g/mol. The van der Waals surface area contributed by atoms with E-state index in [0.717, 1.165) is 0 Å². The normalized spacial score (nSPS) is 15.8. The number of nitro groups is 1. The molecule has 0 aliphatic rings. The van der Waals surface area contributed by atoms with Gasteiger partial charge in [0.25, 0.3) is 5.69 Å². The van der Waals surface area contributed by atoms with Crippen molar-refractivity contribution in [3.05, 3.63) is 38.3 Å². The van der Waals surface area contributed by atoms with Crippen LogP contribution in [0.5, 0.6) is 0 Å². The van der Waals surface area contributed by atoms with Gasteiger partial charge < -0.3 is 0 Å². The fraction of sp³-hybridized carbons (Fsp3) is 0.462. The van der Waals surface area contributed by atoms with Crippen molar-refractivity contribution in [2.75, 3.05) is 0 Å². The summed E-state index contributed by atoms with van der Waals surface area (Å²) in [6.07, 6.45) is 0. The van der Waals surface area contributed by atoms with E-state index in [1.165, 1.54) is 25.1 Å². The molecule has 0 aliphatic carbocycles. The van der Waals surface area contributed by atoms with Crippen LogP contribution in [0, 0.1) is 21.4 Å². The highest BCUT2D eigenvalue weighted by Gasteiger charge is 2.37. The lowest BCUT2D eigenvalue weighted by Crippen LogP contribution is -2.45. The molecule has 0 aliphatic heterocycles. The molecule has 0 saturated carbocycles. The predicted molar refractivity (Wildman–Crippen MR) is 84.8 cm³/mol. The number of hydrogen-bond donors (Lipinski definition) is 1. The highest BCUT2D eigenvalue weighted by molar-refractivity contribution is 9.10. The first kappa shape index (κ1) is 17.8. The summed E-state index contributed by atoms with van der Waals surface area (Å²) >= 11 is 3.24. The molecule has 0 saturated heterocycles. The van der Waals surface area contributed by atoms with Gasteiger partial charge in [-0.2, -0.15) is 5.26 Å². The summed E-state index contributed by atoms with van der Waals surface area (Å²) in [6, 6.07) is 6.33. The maximum Gasteiger partial charge on any atom is 0.275 e. The van der Waals surface area contributed by atoms with Gasteiger partial charge in [0, 0.05) is 10.5 Å². The highest BCUT2D eigenvalue weighted by atomic mass is 79.9. The second-order valence-electron chi connectivity index (χ2n) is 5.64. The van der Waals surface area contributed by atoms with Crippen LogP contribution in [0.1, 0.15) is 33.3 Å².